The number of nitrogens with zero attached hydrogens (tertiary/aromatic N) is 3. The Kier molecular flexibility index (Phi) is 5.29. The molecule has 134 valence electrons. The lowest BCUT2D eigenvalue weighted by molar-refractivity contribution is 0.0934. The average Bonchev–Trinajstić information content (AvgIpc) is 3.08. The number of aliphatic hydroxyl groups is 1. The summed E-state index contributed by atoms with van der Waals surface area (Å²) in [6.07, 6.45) is 0. The number of benzene rings is 2. The molecule has 0 fully saturated rings. The third kappa shape index (κ3) is 3.74. The minimum atomic E-state index is -0.514. The Balaban J connectivity index is 2.10. The predicted molar refractivity (Wildman–Crippen MR) is 95.9 cm³/mol. The second-order valence-corrected chi connectivity index (χ2v) is 6.00. The van der Waals surface area contributed by atoms with Crippen LogP contribution in [-0.2, 0) is 0 Å². The van der Waals surface area contributed by atoms with E-state index < -0.39 is 5.91 Å². The summed E-state index contributed by atoms with van der Waals surface area (Å²) in [5.41, 5.74) is 2.12. The second kappa shape index (κ2) is 7.63. The highest BCUT2D eigenvalue weighted by atomic mass is 35.5. The van der Waals surface area contributed by atoms with Crippen LogP contribution >= 0.6 is 11.6 Å². The Morgan fingerprint density at radius 3 is 2.65 bits per heavy atom. The molecule has 0 bridgehead atoms. The second-order valence-electron chi connectivity index (χ2n) is 5.59. The smallest absolute Gasteiger partial charge is 0.291 e. The number of aliphatic hydroxyl groups excluding tert-OH is 1. The van der Waals surface area contributed by atoms with Crippen LogP contribution in [0.1, 0.15) is 16.2 Å². The summed E-state index contributed by atoms with van der Waals surface area (Å²) >= 11 is 6.20. The zero-order valence-electron chi connectivity index (χ0n) is 13.9. The van der Waals surface area contributed by atoms with Gasteiger partial charge < -0.3 is 10.4 Å². The molecule has 3 aromatic rings. The first kappa shape index (κ1) is 18.0. The summed E-state index contributed by atoms with van der Waals surface area (Å²) in [5, 5.41) is 16.2. The summed E-state index contributed by atoms with van der Waals surface area (Å²) in [6.45, 7) is 1.78. The number of nitrogens with one attached hydrogen (secondary N) is 1. The van der Waals surface area contributed by atoms with Gasteiger partial charge in [0.2, 0.25) is 5.82 Å². The summed E-state index contributed by atoms with van der Waals surface area (Å²) in [5.74, 6) is -0.577. The fourth-order valence-corrected chi connectivity index (χ4v) is 2.51. The number of hydrogen-bond acceptors (Lipinski definition) is 4. The molecule has 0 aliphatic carbocycles. The quantitative estimate of drug-likeness (QED) is 0.719. The molecule has 26 heavy (non-hydrogen) atoms. The van der Waals surface area contributed by atoms with E-state index in [0.717, 1.165) is 5.56 Å². The van der Waals surface area contributed by atoms with Crippen molar-refractivity contribution in [3.63, 3.8) is 0 Å². The molecule has 0 unspecified atom stereocenters. The standard InChI is InChI=1S/C18H16ClFN4O2/c1-11-2-7-14(10-15(11)19)24-17(12-3-5-13(20)6-4-12)22-16(23-24)18(26)21-8-9-25/h2-7,10,25H,8-9H2,1H3,(H,21,26). The van der Waals surface area contributed by atoms with Gasteiger partial charge in [-0.05, 0) is 48.9 Å². The van der Waals surface area contributed by atoms with Gasteiger partial charge >= 0.3 is 0 Å². The Morgan fingerprint density at radius 2 is 2.00 bits per heavy atom. The fraction of sp³-hybridized carbons (Fsp3) is 0.167. The van der Waals surface area contributed by atoms with E-state index in [-0.39, 0.29) is 24.8 Å². The first-order valence-electron chi connectivity index (χ1n) is 7.88. The van der Waals surface area contributed by atoms with Crippen LogP contribution in [0.4, 0.5) is 4.39 Å². The highest BCUT2D eigenvalue weighted by molar-refractivity contribution is 6.31. The molecule has 6 nitrogen and oxygen atoms in total. The number of halogens is 2. The zero-order chi connectivity index (χ0) is 18.7. The maximum Gasteiger partial charge on any atom is 0.291 e. The average molecular weight is 375 g/mol. The number of carbonyl (C=O) groups is 1. The van der Waals surface area contributed by atoms with Crippen molar-refractivity contribution >= 4 is 17.5 Å². The molecule has 2 aromatic carbocycles. The number of aromatic nitrogens is 3. The minimum Gasteiger partial charge on any atom is -0.395 e. The molecule has 0 aliphatic heterocycles. The van der Waals surface area contributed by atoms with Gasteiger partial charge in [-0.1, -0.05) is 17.7 Å². The van der Waals surface area contributed by atoms with Crippen LogP contribution in [0.5, 0.6) is 0 Å². The van der Waals surface area contributed by atoms with Gasteiger partial charge in [-0.15, -0.1) is 5.10 Å². The summed E-state index contributed by atoms with van der Waals surface area (Å²) in [6, 6.07) is 11.1. The van der Waals surface area contributed by atoms with Crippen molar-refractivity contribution in [2.75, 3.05) is 13.2 Å². The van der Waals surface area contributed by atoms with Crippen molar-refractivity contribution in [3.05, 3.63) is 64.7 Å². The molecule has 2 N–H and O–H groups in total. The molecule has 0 radical (unpaired) electrons. The van der Waals surface area contributed by atoms with Gasteiger partial charge in [-0.2, -0.15) is 0 Å². The highest BCUT2D eigenvalue weighted by Crippen LogP contribution is 2.25. The van der Waals surface area contributed by atoms with Crippen LogP contribution in [0.15, 0.2) is 42.5 Å². The highest BCUT2D eigenvalue weighted by Gasteiger charge is 2.19. The van der Waals surface area contributed by atoms with Gasteiger partial charge in [-0.25, -0.2) is 14.1 Å². The molecule has 0 aliphatic rings. The number of hydrogen-bond donors (Lipinski definition) is 2. The first-order valence-corrected chi connectivity index (χ1v) is 8.26. The lowest BCUT2D eigenvalue weighted by Gasteiger charge is -2.07. The number of amides is 1. The topological polar surface area (TPSA) is 80.0 Å². The Hall–Kier alpha value is -2.77. The molecular weight excluding hydrogens is 359 g/mol. The number of aryl methyl sites for hydroxylation is 1. The van der Waals surface area contributed by atoms with Crippen LogP contribution < -0.4 is 5.32 Å². The lowest BCUT2D eigenvalue weighted by atomic mass is 10.2. The third-order valence-corrected chi connectivity index (χ3v) is 4.12. The molecule has 0 spiro atoms. The van der Waals surface area contributed by atoms with Gasteiger partial charge in [-0.3, -0.25) is 4.79 Å². The van der Waals surface area contributed by atoms with Crippen LogP contribution in [0.2, 0.25) is 5.02 Å². The van der Waals surface area contributed by atoms with Gasteiger partial charge in [0, 0.05) is 17.1 Å². The SMILES string of the molecule is Cc1ccc(-n2nc(C(=O)NCCO)nc2-c2ccc(F)cc2)cc1Cl. The number of rotatable bonds is 5. The summed E-state index contributed by atoms with van der Waals surface area (Å²) in [4.78, 5) is 16.4. The summed E-state index contributed by atoms with van der Waals surface area (Å²) < 4.78 is 14.7. The van der Waals surface area contributed by atoms with E-state index >= 15 is 0 Å². The molecule has 1 amide bonds. The van der Waals surface area contributed by atoms with E-state index in [2.05, 4.69) is 15.4 Å². The molecule has 3 rings (SSSR count). The van der Waals surface area contributed by atoms with Crippen LogP contribution in [-0.4, -0.2) is 38.9 Å². The maximum atomic E-state index is 13.2. The Bertz CT molecular complexity index is 941. The Morgan fingerprint density at radius 1 is 1.27 bits per heavy atom. The van der Waals surface area contributed by atoms with E-state index in [9.17, 15) is 9.18 Å². The third-order valence-electron chi connectivity index (χ3n) is 3.71. The maximum absolute atomic E-state index is 13.2. The normalized spacial score (nSPS) is 10.8. The van der Waals surface area contributed by atoms with Gasteiger partial charge in [0.25, 0.3) is 5.91 Å². The van der Waals surface area contributed by atoms with Crippen LogP contribution in [0.3, 0.4) is 0 Å². The van der Waals surface area contributed by atoms with Crippen LogP contribution in [0.25, 0.3) is 17.1 Å². The van der Waals surface area contributed by atoms with E-state index in [1.54, 1.807) is 24.3 Å². The van der Waals surface area contributed by atoms with Crippen LogP contribution in [0, 0.1) is 12.7 Å². The van der Waals surface area contributed by atoms with Crippen molar-refractivity contribution in [2.45, 2.75) is 6.92 Å². The van der Waals surface area contributed by atoms with Crippen molar-refractivity contribution in [2.24, 2.45) is 0 Å². The van der Waals surface area contributed by atoms with Crippen molar-refractivity contribution in [1.29, 1.82) is 0 Å². The molecule has 0 saturated carbocycles. The van der Waals surface area contributed by atoms with E-state index in [4.69, 9.17) is 16.7 Å². The molecule has 0 atom stereocenters. The molecular formula is C18H16ClFN4O2. The van der Waals surface area contributed by atoms with Crippen molar-refractivity contribution in [1.82, 2.24) is 20.1 Å². The number of carbonyl (C=O) groups excluding carboxylic acids is 1. The van der Waals surface area contributed by atoms with Gasteiger partial charge in [0.15, 0.2) is 5.82 Å². The first-order chi connectivity index (χ1) is 12.5. The largest absolute Gasteiger partial charge is 0.395 e. The Labute approximate surface area is 154 Å². The zero-order valence-corrected chi connectivity index (χ0v) is 14.7. The molecule has 1 heterocycles. The van der Waals surface area contributed by atoms with Crippen molar-refractivity contribution in [3.8, 4) is 17.1 Å². The molecule has 0 saturated heterocycles. The fourth-order valence-electron chi connectivity index (χ4n) is 2.34. The monoisotopic (exact) mass is 374 g/mol. The predicted octanol–water partition coefficient (Wildman–Crippen LogP) is 2.76. The van der Waals surface area contributed by atoms with Gasteiger partial charge in [0.05, 0.1) is 12.3 Å². The van der Waals surface area contributed by atoms with Crippen molar-refractivity contribution < 1.29 is 14.3 Å². The van der Waals surface area contributed by atoms with Gasteiger partial charge in [0.1, 0.15) is 5.82 Å². The molecule has 1 aromatic heterocycles. The lowest BCUT2D eigenvalue weighted by Crippen LogP contribution is -2.27. The minimum absolute atomic E-state index is 0.0607. The molecule has 8 heteroatoms. The van der Waals surface area contributed by atoms with E-state index in [0.29, 0.717) is 22.1 Å². The summed E-state index contributed by atoms with van der Waals surface area (Å²) in [7, 11) is 0. The van der Waals surface area contributed by atoms with E-state index in [1.165, 1.54) is 16.8 Å². The van der Waals surface area contributed by atoms with E-state index in [1.807, 2.05) is 13.0 Å².